The summed E-state index contributed by atoms with van der Waals surface area (Å²) < 4.78 is 58.3. The van der Waals surface area contributed by atoms with E-state index >= 15 is 0 Å². The Morgan fingerprint density at radius 2 is 1.62 bits per heavy atom. The highest BCUT2D eigenvalue weighted by Crippen LogP contribution is 2.32. The summed E-state index contributed by atoms with van der Waals surface area (Å²) in [4.78, 5) is 4.29. The van der Waals surface area contributed by atoms with Crippen LogP contribution in [0.3, 0.4) is 0 Å². The second-order valence-electron chi connectivity index (χ2n) is 7.21. The van der Waals surface area contributed by atoms with Gasteiger partial charge >= 0.3 is 6.18 Å². The van der Waals surface area contributed by atoms with Gasteiger partial charge < -0.3 is 4.74 Å². The van der Waals surface area contributed by atoms with E-state index in [1.54, 1.807) is 30.3 Å². The largest absolute Gasteiger partial charge is 0.484 e. The predicted octanol–water partition coefficient (Wildman–Crippen LogP) is 7.07. The van der Waals surface area contributed by atoms with Gasteiger partial charge in [-0.3, -0.25) is 4.98 Å². The number of alkyl halides is 3. The van der Waals surface area contributed by atoms with Crippen molar-refractivity contribution < 1.29 is 22.3 Å². The van der Waals surface area contributed by atoms with Crippen molar-refractivity contribution in [1.29, 1.82) is 0 Å². The van der Waals surface area contributed by atoms with Gasteiger partial charge in [0.25, 0.3) is 0 Å². The lowest BCUT2D eigenvalue weighted by Gasteiger charge is -2.22. The van der Waals surface area contributed by atoms with Gasteiger partial charge in [0.15, 0.2) is 0 Å². The van der Waals surface area contributed by atoms with Crippen molar-refractivity contribution in [3.63, 3.8) is 0 Å². The molecular weight excluding hydrogens is 382 g/mol. The summed E-state index contributed by atoms with van der Waals surface area (Å²) in [7, 11) is 0. The normalized spacial score (nSPS) is 12.8. The lowest BCUT2D eigenvalue weighted by Crippen LogP contribution is -2.12. The zero-order valence-electron chi connectivity index (χ0n) is 16.1. The monoisotopic (exact) mass is 403 g/mol. The third-order valence-electron chi connectivity index (χ3n) is 4.46. The minimum Gasteiger partial charge on any atom is -0.484 e. The molecule has 0 aliphatic carbocycles. The minimum atomic E-state index is -4.37. The topological polar surface area (TPSA) is 22.1 Å². The fraction of sp³-hybridized carbons (Fsp3) is 0.261. The summed E-state index contributed by atoms with van der Waals surface area (Å²) in [5.41, 5.74) is 0.866. The zero-order chi connectivity index (χ0) is 21.0. The van der Waals surface area contributed by atoms with Gasteiger partial charge in [-0.1, -0.05) is 44.2 Å². The maximum absolute atomic E-state index is 14.2. The fourth-order valence-electron chi connectivity index (χ4n) is 3.02. The number of benzene rings is 2. The van der Waals surface area contributed by atoms with Gasteiger partial charge in [0.2, 0.25) is 0 Å². The molecule has 3 rings (SSSR count). The molecule has 6 heteroatoms. The molecule has 0 amide bonds. The van der Waals surface area contributed by atoms with Crippen molar-refractivity contribution in [3.8, 4) is 17.0 Å². The molecule has 2 aromatic carbocycles. The minimum absolute atomic E-state index is 0.291. The highest BCUT2D eigenvalue weighted by atomic mass is 19.4. The molecule has 0 aliphatic rings. The fourth-order valence-corrected chi connectivity index (χ4v) is 3.02. The van der Waals surface area contributed by atoms with Crippen molar-refractivity contribution in [2.24, 2.45) is 5.92 Å². The van der Waals surface area contributed by atoms with Crippen LogP contribution in [-0.4, -0.2) is 4.98 Å². The van der Waals surface area contributed by atoms with Crippen LogP contribution in [0.4, 0.5) is 17.6 Å². The van der Waals surface area contributed by atoms with Crippen LogP contribution < -0.4 is 4.74 Å². The molecule has 2 nitrogen and oxygen atoms in total. The van der Waals surface area contributed by atoms with Gasteiger partial charge in [-0.05, 0) is 42.7 Å². The van der Waals surface area contributed by atoms with Crippen molar-refractivity contribution >= 4 is 0 Å². The zero-order valence-corrected chi connectivity index (χ0v) is 16.1. The molecule has 0 saturated carbocycles. The van der Waals surface area contributed by atoms with Gasteiger partial charge in [-0.15, -0.1) is 0 Å². The van der Waals surface area contributed by atoms with E-state index in [4.69, 9.17) is 4.74 Å². The molecule has 0 aliphatic heterocycles. The van der Waals surface area contributed by atoms with Crippen molar-refractivity contribution in [1.82, 2.24) is 4.98 Å². The van der Waals surface area contributed by atoms with Crippen molar-refractivity contribution in [2.75, 3.05) is 0 Å². The lowest BCUT2D eigenvalue weighted by molar-refractivity contribution is -0.137. The Hall–Kier alpha value is -2.89. The first-order chi connectivity index (χ1) is 13.7. The number of hydrogen-bond donors (Lipinski definition) is 0. The Balaban J connectivity index is 1.79. The number of hydrogen-bond acceptors (Lipinski definition) is 2. The maximum Gasteiger partial charge on any atom is 0.416 e. The summed E-state index contributed by atoms with van der Waals surface area (Å²) in [6.45, 7) is 4.06. The maximum atomic E-state index is 14.2. The van der Waals surface area contributed by atoms with Crippen LogP contribution >= 0.6 is 0 Å². The highest BCUT2D eigenvalue weighted by molar-refractivity contribution is 5.60. The number of rotatable bonds is 6. The predicted molar refractivity (Wildman–Crippen MR) is 104 cm³/mol. The quantitative estimate of drug-likeness (QED) is 0.411. The van der Waals surface area contributed by atoms with Crippen LogP contribution in [-0.2, 0) is 6.18 Å². The van der Waals surface area contributed by atoms with Gasteiger partial charge in [-0.2, -0.15) is 13.2 Å². The first-order valence-corrected chi connectivity index (χ1v) is 9.29. The molecule has 1 atom stereocenters. The average molecular weight is 403 g/mol. The van der Waals surface area contributed by atoms with E-state index in [1.807, 2.05) is 13.8 Å². The molecule has 0 saturated heterocycles. The lowest BCUT2D eigenvalue weighted by atomic mass is 9.99. The number of nitrogens with zero attached hydrogens (tertiary/aromatic N) is 1. The van der Waals surface area contributed by atoms with Gasteiger partial charge in [0, 0.05) is 11.1 Å². The summed E-state index contributed by atoms with van der Waals surface area (Å²) in [5.74, 6) is 0.432. The first-order valence-electron chi connectivity index (χ1n) is 9.29. The van der Waals surface area contributed by atoms with Crippen LogP contribution in [0.2, 0.25) is 0 Å². The molecule has 0 spiro atoms. The molecular formula is C23H21F4NO. The third kappa shape index (κ3) is 5.34. The Labute approximate surface area is 167 Å². The molecule has 1 unspecified atom stereocenters. The first kappa shape index (κ1) is 20.8. The Morgan fingerprint density at radius 1 is 0.931 bits per heavy atom. The van der Waals surface area contributed by atoms with E-state index in [9.17, 15) is 17.6 Å². The van der Waals surface area contributed by atoms with E-state index < -0.39 is 17.8 Å². The molecule has 0 N–H and O–H groups in total. The van der Waals surface area contributed by atoms with Crippen molar-refractivity contribution in [2.45, 2.75) is 32.5 Å². The number of aromatic nitrogens is 1. The molecule has 29 heavy (non-hydrogen) atoms. The molecule has 0 fully saturated rings. The molecule has 3 aromatic rings. The number of pyridine rings is 1. The molecule has 1 heterocycles. The average Bonchev–Trinajstić information content (AvgIpc) is 2.67. The van der Waals surface area contributed by atoms with Gasteiger partial charge in [0.05, 0.1) is 17.5 Å². The molecule has 0 bridgehead atoms. The van der Waals surface area contributed by atoms with E-state index in [0.717, 1.165) is 12.1 Å². The SMILES string of the molecule is CC(C)CC(Oc1ccc(-c2ccc(C(F)(F)F)cc2)nc1)c1ccccc1F. The summed E-state index contributed by atoms with van der Waals surface area (Å²) in [6, 6.07) is 14.7. The summed E-state index contributed by atoms with van der Waals surface area (Å²) in [6.07, 6.45) is -2.71. The van der Waals surface area contributed by atoms with E-state index in [1.165, 1.54) is 24.4 Å². The number of ether oxygens (including phenoxy) is 1. The van der Waals surface area contributed by atoms with E-state index in [-0.39, 0.29) is 5.82 Å². The Kier molecular flexibility index (Phi) is 6.20. The third-order valence-corrected chi connectivity index (χ3v) is 4.46. The van der Waals surface area contributed by atoms with Crippen molar-refractivity contribution in [3.05, 3.63) is 83.8 Å². The summed E-state index contributed by atoms with van der Waals surface area (Å²) >= 11 is 0. The van der Waals surface area contributed by atoms with Crippen LogP contribution in [0.1, 0.15) is 37.5 Å². The van der Waals surface area contributed by atoms with Crippen LogP contribution in [0, 0.1) is 11.7 Å². The van der Waals surface area contributed by atoms with E-state index in [0.29, 0.717) is 34.9 Å². The van der Waals surface area contributed by atoms with Crippen LogP contribution in [0.15, 0.2) is 66.9 Å². The Bertz CT molecular complexity index is 934. The summed E-state index contributed by atoms with van der Waals surface area (Å²) in [5, 5.41) is 0. The van der Waals surface area contributed by atoms with Gasteiger partial charge in [-0.25, -0.2) is 4.39 Å². The smallest absolute Gasteiger partial charge is 0.416 e. The van der Waals surface area contributed by atoms with Gasteiger partial charge in [0.1, 0.15) is 17.7 Å². The Morgan fingerprint density at radius 3 is 2.17 bits per heavy atom. The molecule has 152 valence electrons. The number of halogens is 4. The second kappa shape index (κ2) is 8.64. The standard InChI is InChI=1S/C23H21F4NO/c1-15(2)13-22(19-5-3-4-6-20(19)24)29-18-11-12-21(28-14-18)16-7-9-17(10-8-16)23(25,26)27/h3-12,14-15,22H,13H2,1-2H3. The van der Waals surface area contributed by atoms with E-state index in [2.05, 4.69) is 4.98 Å². The highest BCUT2D eigenvalue weighted by Gasteiger charge is 2.30. The molecule has 0 radical (unpaired) electrons. The molecule has 1 aromatic heterocycles. The second-order valence-corrected chi connectivity index (χ2v) is 7.21. The van der Waals surface area contributed by atoms with Crippen LogP contribution in [0.5, 0.6) is 5.75 Å². The van der Waals surface area contributed by atoms with Crippen LogP contribution in [0.25, 0.3) is 11.3 Å².